The number of rotatable bonds is 6. The van der Waals surface area contributed by atoms with Gasteiger partial charge in [-0.05, 0) is 49.2 Å². The zero-order valence-electron chi connectivity index (χ0n) is 14.4. The highest BCUT2D eigenvalue weighted by molar-refractivity contribution is 7.15. The van der Waals surface area contributed by atoms with Crippen LogP contribution in [-0.2, 0) is 11.4 Å². The van der Waals surface area contributed by atoms with E-state index in [0.29, 0.717) is 22.6 Å². The Hall–Kier alpha value is -2.51. The third kappa shape index (κ3) is 3.84. The fourth-order valence-corrected chi connectivity index (χ4v) is 3.41. The number of carbonyl (C=O) groups excluding carboxylic acids is 1. The van der Waals surface area contributed by atoms with Gasteiger partial charge in [0.05, 0.1) is 11.5 Å². The standard InChI is InChI=1S/C19H18FNO4S/c1-3-4-16(23)24-19-17(14-9-11(2)15(10-22)26-14)25-18(21-19)12-5-7-13(20)8-6-12/h5-9,22H,3-4,10H2,1-2H3. The topological polar surface area (TPSA) is 72.6 Å². The average Bonchev–Trinajstić information content (AvgIpc) is 3.19. The Bertz CT molecular complexity index is 914. The molecule has 0 saturated heterocycles. The van der Waals surface area contributed by atoms with Crippen LogP contribution < -0.4 is 4.74 Å². The summed E-state index contributed by atoms with van der Waals surface area (Å²) in [6.45, 7) is 3.68. The molecule has 136 valence electrons. The van der Waals surface area contributed by atoms with Crippen LogP contribution in [0.2, 0.25) is 0 Å². The Morgan fingerprint density at radius 3 is 2.69 bits per heavy atom. The quantitative estimate of drug-likeness (QED) is 0.632. The van der Waals surface area contributed by atoms with E-state index in [1.54, 1.807) is 12.1 Å². The van der Waals surface area contributed by atoms with Crippen LogP contribution >= 0.6 is 11.3 Å². The molecule has 7 heteroatoms. The van der Waals surface area contributed by atoms with E-state index in [1.165, 1.54) is 23.5 Å². The van der Waals surface area contributed by atoms with Gasteiger partial charge in [0, 0.05) is 16.9 Å². The van der Waals surface area contributed by atoms with Gasteiger partial charge < -0.3 is 14.3 Å². The second kappa shape index (κ2) is 7.80. The molecule has 1 aromatic carbocycles. The zero-order valence-corrected chi connectivity index (χ0v) is 15.2. The summed E-state index contributed by atoms with van der Waals surface area (Å²) < 4.78 is 24.4. The highest BCUT2D eigenvalue weighted by Crippen LogP contribution is 2.39. The highest BCUT2D eigenvalue weighted by Gasteiger charge is 2.22. The van der Waals surface area contributed by atoms with Crippen molar-refractivity contribution in [3.63, 3.8) is 0 Å². The highest BCUT2D eigenvalue weighted by atomic mass is 32.1. The molecule has 0 bridgehead atoms. The molecule has 3 aromatic rings. The maximum Gasteiger partial charge on any atom is 0.312 e. The normalized spacial score (nSPS) is 10.9. The maximum atomic E-state index is 13.2. The summed E-state index contributed by atoms with van der Waals surface area (Å²) >= 11 is 1.34. The van der Waals surface area contributed by atoms with Crippen molar-refractivity contribution in [3.8, 4) is 28.0 Å². The molecule has 0 unspecified atom stereocenters. The second-order valence-corrected chi connectivity index (χ2v) is 6.90. The van der Waals surface area contributed by atoms with Gasteiger partial charge in [0.25, 0.3) is 5.88 Å². The van der Waals surface area contributed by atoms with E-state index in [9.17, 15) is 14.3 Å². The van der Waals surface area contributed by atoms with Crippen molar-refractivity contribution < 1.29 is 23.4 Å². The Morgan fingerprint density at radius 1 is 1.35 bits per heavy atom. The van der Waals surface area contributed by atoms with Crippen LogP contribution in [0.5, 0.6) is 5.88 Å². The molecule has 0 atom stereocenters. The van der Waals surface area contributed by atoms with Gasteiger partial charge in [-0.15, -0.1) is 11.3 Å². The lowest BCUT2D eigenvalue weighted by atomic mass is 10.2. The number of ether oxygens (including phenoxy) is 1. The van der Waals surface area contributed by atoms with Crippen molar-refractivity contribution in [2.24, 2.45) is 0 Å². The minimum absolute atomic E-state index is 0.0773. The van der Waals surface area contributed by atoms with Crippen LogP contribution in [0, 0.1) is 12.7 Å². The largest absolute Gasteiger partial charge is 0.431 e. The number of aliphatic hydroxyl groups is 1. The van der Waals surface area contributed by atoms with Crippen molar-refractivity contribution in [3.05, 3.63) is 46.6 Å². The number of aryl methyl sites for hydroxylation is 1. The molecule has 0 radical (unpaired) electrons. The van der Waals surface area contributed by atoms with Crippen LogP contribution in [-0.4, -0.2) is 16.1 Å². The van der Waals surface area contributed by atoms with Crippen molar-refractivity contribution >= 4 is 17.3 Å². The molecule has 0 fully saturated rings. The molecule has 2 heterocycles. The summed E-state index contributed by atoms with van der Waals surface area (Å²) in [6, 6.07) is 7.55. The smallest absolute Gasteiger partial charge is 0.312 e. The molecule has 0 aliphatic carbocycles. The molecule has 0 amide bonds. The number of thiophene rings is 1. The van der Waals surface area contributed by atoms with Crippen molar-refractivity contribution in [1.82, 2.24) is 4.98 Å². The number of aromatic nitrogens is 1. The zero-order chi connectivity index (χ0) is 18.7. The van der Waals surface area contributed by atoms with Gasteiger partial charge in [0.2, 0.25) is 11.7 Å². The lowest BCUT2D eigenvalue weighted by Crippen LogP contribution is -2.07. The fourth-order valence-electron chi connectivity index (χ4n) is 2.40. The van der Waals surface area contributed by atoms with Gasteiger partial charge in [0.1, 0.15) is 5.82 Å². The van der Waals surface area contributed by atoms with Crippen LogP contribution in [0.25, 0.3) is 22.1 Å². The van der Waals surface area contributed by atoms with E-state index in [2.05, 4.69) is 4.98 Å². The van der Waals surface area contributed by atoms with Gasteiger partial charge in [0.15, 0.2) is 0 Å². The first-order chi connectivity index (χ1) is 12.5. The van der Waals surface area contributed by atoms with Crippen LogP contribution in [0.15, 0.2) is 34.7 Å². The SMILES string of the molecule is CCCC(=O)Oc1nc(-c2ccc(F)cc2)oc1-c1cc(C)c(CO)s1. The summed E-state index contributed by atoms with van der Waals surface area (Å²) in [6.07, 6.45) is 0.924. The molecule has 0 aliphatic heterocycles. The van der Waals surface area contributed by atoms with E-state index in [1.807, 2.05) is 19.9 Å². The van der Waals surface area contributed by atoms with Crippen molar-refractivity contribution in [2.75, 3.05) is 0 Å². The predicted molar refractivity (Wildman–Crippen MR) is 96.4 cm³/mol. The summed E-state index contributed by atoms with van der Waals surface area (Å²) in [5, 5.41) is 9.42. The third-order valence-corrected chi connectivity index (χ3v) is 4.96. The van der Waals surface area contributed by atoms with Crippen molar-refractivity contribution in [2.45, 2.75) is 33.3 Å². The van der Waals surface area contributed by atoms with Gasteiger partial charge in [-0.1, -0.05) is 6.92 Å². The van der Waals surface area contributed by atoms with Crippen LogP contribution in [0.1, 0.15) is 30.2 Å². The molecule has 0 spiro atoms. The number of hydrogen-bond acceptors (Lipinski definition) is 6. The van der Waals surface area contributed by atoms with Gasteiger partial charge >= 0.3 is 5.97 Å². The van der Waals surface area contributed by atoms with E-state index < -0.39 is 5.97 Å². The number of oxazole rings is 1. The second-order valence-electron chi connectivity index (χ2n) is 5.76. The molecular weight excluding hydrogens is 357 g/mol. The first-order valence-electron chi connectivity index (χ1n) is 8.19. The summed E-state index contributed by atoms with van der Waals surface area (Å²) in [7, 11) is 0. The van der Waals surface area contributed by atoms with Gasteiger partial charge in [-0.3, -0.25) is 4.79 Å². The number of halogens is 1. The third-order valence-electron chi connectivity index (χ3n) is 3.74. The fraction of sp³-hybridized carbons (Fsp3) is 0.263. The number of carbonyl (C=O) groups is 1. The summed E-state index contributed by atoms with van der Waals surface area (Å²) in [5.41, 5.74) is 1.49. The van der Waals surface area contributed by atoms with E-state index in [4.69, 9.17) is 9.15 Å². The molecule has 5 nitrogen and oxygen atoms in total. The molecular formula is C19H18FNO4S. The Kier molecular flexibility index (Phi) is 5.49. The van der Waals surface area contributed by atoms with Crippen LogP contribution in [0.4, 0.5) is 4.39 Å². The first kappa shape index (κ1) is 18.3. The minimum Gasteiger partial charge on any atom is -0.431 e. The average molecular weight is 375 g/mol. The number of hydrogen-bond donors (Lipinski definition) is 1. The molecule has 0 saturated carbocycles. The van der Waals surface area contributed by atoms with Crippen molar-refractivity contribution in [1.29, 1.82) is 0 Å². The maximum absolute atomic E-state index is 13.2. The number of benzene rings is 1. The van der Waals surface area contributed by atoms with Gasteiger partial charge in [-0.2, -0.15) is 4.98 Å². The summed E-state index contributed by atoms with van der Waals surface area (Å²) in [5.74, 6) is -0.133. The molecule has 0 aliphatic rings. The Labute approximate surface area is 154 Å². The predicted octanol–water partition coefficient (Wildman–Crippen LogP) is 4.72. The Balaban J connectivity index is 2.04. The summed E-state index contributed by atoms with van der Waals surface area (Å²) in [4.78, 5) is 17.7. The van der Waals surface area contributed by atoms with E-state index >= 15 is 0 Å². The van der Waals surface area contributed by atoms with Gasteiger partial charge in [-0.25, -0.2) is 4.39 Å². The molecule has 3 rings (SSSR count). The first-order valence-corrected chi connectivity index (χ1v) is 9.01. The van der Waals surface area contributed by atoms with E-state index in [0.717, 1.165) is 10.4 Å². The molecule has 2 aromatic heterocycles. The lowest BCUT2D eigenvalue weighted by Gasteiger charge is -2.00. The minimum atomic E-state index is -0.400. The monoisotopic (exact) mass is 375 g/mol. The molecule has 1 N–H and O–H groups in total. The van der Waals surface area contributed by atoms with Crippen LogP contribution in [0.3, 0.4) is 0 Å². The Morgan fingerprint density at radius 2 is 2.08 bits per heavy atom. The lowest BCUT2D eigenvalue weighted by molar-refractivity contribution is -0.134. The molecule has 26 heavy (non-hydrogen) atoms. The number of nitrogens with zero attached hydrogens (tertiary/aromatic N) is 1. The number of esters is 1. The number of aliphatic hydroxyl groups excluding tert-OH is 1. The van der Waals surface area contributed by atoms with E-state index in [-0.39, 0.29) is 30.6 Å².